The number of benzene rings is 2. The van der Waals surface area contributed by atoms with Gasteiger partial charge in [-0.2, -0.15) is 0 Å². The number of halogens is 1. The minimum Gasteiger partial charge on any atom is -0.353 e. The molecule has 3 aromatic rings. The van der Waals surface area contributed by atoms with Gasteiger partial charge in [0.05, 0.1) is 28.2 Å². The van der Waals surface area contributed by atoms with Gasteiger partial charge in [-0.05, 0) is 31.2 Å². The molecule has 2 N–H and O–H groups in total. The number of imidazole rings is 1. The maximum absolute atomic E-state index is 12.0. The summed E-state index contributed by atoms with van der Waals surface area (Å²) in [6.45, 7) is 2.89. The first kappa shape index (κ1) is 17.9. The van der Waals surface area contributed by atoms with E-state index in [4.69, 9.17) is 11.6 Å². The van der Waals surface area contributed by atoms with Crippen molar-refractivity contribution in [1.29, 1.82) is 0 Å². The molecule has 1 heterocycles. The van der Waals surface area contributed by atoms with E-state index < -0.39 is 0 Å². The molecule has 0 unspecified atom stereocenters. The van der Waals surface area contributed by atoms with Crippen molar-refractivity contribution in [3.05, 3.63) is 64.9 Å². The highest BCUT2D eigenvalue weighted by Crippen LogP contribution is 2.15. The fraction of sp³-hybridized carbons (Fsp3) is 0.211. The molecule has 0 aliphatic rings. The first-order valence-electron chi connectivity index (χ1n) is 8.27. The zero-order chi connectivity index (χ0) is 18.5. The summed E-state index contributed by atoms with van der Waals surface area (Å²) in [7, 11) is 0. The summed E-state index contributed by atoms with van der Waals surface area (Å²) in [6.07, 6.45) is 0. The number of aromatic nitrogens is 2. The van der Waals surface area contributed by atoms with Crippen LogP contribution in [0, 0.1) is 6.92 Å². The number of amides is 2. The molecule has 0 fully saturated rings. The van der Waals surface area contributed by atoms with Gasteiger partial charge in [-0.25, -0.2) is 4.98 Å². The zero-order valence-corrected chi connectivity index (χ0v) is 15.1. The van der Waals surface area contributed by atoms with Gasteiger partial charge in [0.15, 0.2) is 0 Å². The van der Waals surface area contributed by atoms with E-state index in [1.54, 1.807) is 24.3 Å². The van der Waals surface area contributed by atoms with Crippen LogP contribution in [0.2, 0.25) is 5.02 Å². The molecule has 0 spiro atoms. The maximum atomic E-state index is 12.0. The Labute approximate surface area is 156 Å². The van der Waals surface area contributed by atoms with Crippen LogP contribution in [-0.2, 0) is 11.3 Å². The normalized spacial score (nSPS) is 10.7. The lowest BCUT2D eigenvalue weighted by molar-refractivity contribution is -0.120. The van der Waals surface area contributed by atoms with Crippen molar-refractivity contribution in [2.24, 2.45) is 0 Å². The highest BCUT2D eigenvalue weighted by atomic mass is 35.5. The van der Waals surface area contributed by atoms with Crippen LogP contribution in [0.1, 0.15) is 16.2 Å². The Kier molecular flexibility index (Phi) is 5.53. The molecule has 134 valence electrons. The lowest BCUT2D eigenvalue weighted by Gasteiger charge is -2.10. The average Bonchev–Trinajstić information content (AvgIpc) is 2.95. The summed E-state index contributed by atoms with van der Waals surface area (Å²) in [6, 6.07) is 14.6. The van der Waals surface area contributed by atoms with Gasteiger partial charge in [0, 0.05) is 13.1 Å². The molecule has 0 atom stereocenters. The molecule has 0 saturated carbocycles. The number of aryl methyl sites for hydroxylation is 1. The molecule has 0 bridgehead atoms. The van der Waals surface area contributed by atoms with E-state index >= 15 is 0 Å². The zero-order valence-electron chi connectivity index (χ0n) is 14.3. The number of carbonyl (C=O) groups is 2. The van der Waals surface area contributed by atoms with Crippen molar-refractivity contribution < 1.29 is 9.59 Å². The second kappa shape index (κ2) is 8.01. The van der Waals surface area contributed by atoms with Gasteiger partial charge < -0.3 is 15.2 Å². The number of hydrogen-bond acceptors (Lipinski definition) is 3. The van der Waals surface area contributed by atoms with Crippen molar-refractivity contribution in [3.8, 4) is 0 Å². The fourth-order valence-corrected chi connectivity index (χ4v) is 2.97. The second-order valence-corrected chi connectivity index (χ2v) is 6.22. The SMILES string of the molecule is Cc1nc2ccccc2n1CCNC(=O)CNC(=O)c1ccccc1Cl. The van der Waals surface area contributed by atoms with E-state index in [-0.39, 0.29) is 18.4 Å². The number of nitrogens with one attached hydrogen (secondary N) is 2. The summed E-state index contributed by atoms with van der Waals surface area (Å²) in [5.74, 6) is 0.266. The number of nitrogens with zero attached hydrogens (tertiary/aromatic N) is 2. The first-order chi connectivity index (χ1) is 12.6. The van der Waals surface area contributed by atoms with Crippen molar-refractivity contribution in [2.75, 3.05) is 13.1 Å². The van der Waals surface area contributed by atoms with Gasteiger partial charge in [-0.15, -0.1) is 0 Å². The summed E-state index contributed by atoms with van der Waals surface area (Å²) < 4.78 is 2.05. The summed E-state index contributed by atoms with van der Waals surface area (Å²) >= 11 is 5.97. The smallest absolute Gasteiger partial charge is 0.253 e. The molecule has 0 radical (unpaired) electrons. The third kappa shape index (κ3) is 4.03. The number of hydrogen-bond donors (Lipinski definition) is 2. The van der Waals surface area contributed by atoms with Crippen molar-refractivity contribution in [2.45, 2.75) is 13.5 Å². The average molecular weight is 371 g/mol. The van der Waals surface area contributed by atoms with Crippen molar-refractivity contribution in [1.82, 2.24) is 20.2 Å². The molecule has 1 aromatic heterocycles. The summed E-state index contributed by atoms with van der Waals surface area (Å²) in [4.78, 5) is 28.5. The molecule has 7 heteroatoms. The van der Waals surface area contributed by atoms with Gasteiger partial charge in [0.25, 0.3) is 5.91 Å². The maximum Gasteiger partial charge on any atom is 0.253 e. The number of carbonyl (C=O) groups excluding carboxylic acids is 2. The monoisotopic (exact) mass is 370 g/mol. The van der Waals surface area contributed by atoms with Crippen LogP contribution < -0.4 is 10.6 Å². The minimum atomic E-state index is -0.373. The Bertz CT molecular complexity index is 952. The van der Waals surface area contributed by atoms with Gasteiger partial charge >= 0.3 is 0 Å². The minimum absolute atomic E-state index is 0.103. The predicted octanol–water partition coefficient (Wildman–Crippen LogP) is 2.54. The molecule has 0 saturated heterocycles. The van der Waals surface area contributed by atoms with Crippen LogP contribution >= 0.6 is 11.6 Å². The fourth-order valence-electron chi connectivity index (χ4n) is 2.75. The van der Waals surface area contributed by atoms with E-state index in [1.165, 1.54) is 0 Å². The predicted molar refractivity (Wildman–Crippen MR) is 101 cm³/mol. The molecular formula is C19H19ClN4O2. The standard InChI is InChI=1S/C19H19ClN4O2/c1-13-23-16-8-4-5-9-17(16)24(13)11-10-21-18(25)12-22-19(26)14-6-2-3-7-15(14)20/h2-9H,10-12H2,1H3,(H,21,25)(H,22,26). The van der Waals surface area contributed by atoms with Crippen molar-refractivity contribution in [3.63, 3.8) is 0 Å². The third-order valence-electron chi connectivity index (χ3n) is 4.03. The Morgan fingerprint density at radius 1 is 1.08 bits per heavy atom. The van der Waals surface area contributed by atoms with Gasteiger partial charge in [0.1, 0.15) is 5.82 Å². The second-order valence-electron chi connectivity index (χ2n) is 5.81. The van der Waals surface area contributed by atoms with Gasteiger partial charge in [-0.3, -0.25) is 9.59 Å². The molecule has 26 heavy (non-hydrogen) atoms. The number of para-hydroxylation sites is 2. The van der Waals surface area contributed by atoms with Crippen LogP contribution in [0.15, 0.2) is 48.5 Å². The summed E-state index contributed by atoms with van der Waals surface area (Å²) in [5.41, 5.74) is 2.32. The lowest BCUT2D eigenvalue weighted by atomic mass is 10.2. The highest BCUT2D eigenvalue weighted by Gasteiger charge is 2.11. The van der Waals surface area contributed by atoms with E-state index in [9.17, 15) is 9.59 Å². The first-order valence-corrected chi connectivity index (χ1v) is 8.65. The topological polar surface area (TPSA) is 76.0 Å². The van der Waals surface area contributed by atoms with Crippen LogP contribution in [0.25, 0.3) is 11.0 Å². The van der Waals surface area contributed by atoms with Crippen molar-refractivity contribution >= 4 is 34.4 Å². The molecule has 2 amide bonds. The van der Waals surface area contributed by atoms with Crippen LogP contribution in [0.3, 0.4) is 0 Å². The molecule has 2 aromatic carbocycles. The quantitative estimate of drug-likeness (QED) is 0.700. The van der Waals surface area contributed by atoms with Gasteiger partial charge in [0.2, 0.25) is 5.91 Å². The van der Waals surface area contributed by atoms with E-state index in [2.05, 4.69) is 20.2 Å². The lowest BCUT2D eigenvalue weighted by Crippen LogP contribution is -2.38. The van der Waals surface area contributed by atoms with E-state index in [0.717, 1.165) is 16.9 Å². The van der Waals surface area contributed by atoms with E-state index in [0.29, 0.717) is 23.7 Å². The van der Waals surface area contributed by atoms with Gasteiger partial charge in [-0.1, -0.05) is 35.9 Å². The highest BCUT2D eigenvalue weighted by molar-refractivity contribution is 6.33. The Morgan fingerprint density at radius 3 is 2.62 bits per heavy atom. The number of fused-ring (bicyclic) bond motifs is 1. The Balaban J connectivity index is 1.49. The Morgan fingerprint density at radius 2 is 1.81 bits per heavy atom. The third-order valence-corrected chi connectivity index (χ3v) is 4.36. The Hall–Kier alpha value is -2.86. The molecule has 3 rings (SSSR count). The number of rotatable bonds is 6. The van der Waals surface area contributed by atoms with Crippen LogP contribution in [0.4, 0.5) is 0 Å². The molecular weight excluding hydrogens is 352 g/mol. The summed E-state index contributed by atoms with van der Waals surface area (Å²) in [5, 5.41) is 5.72. The molecule has 0 aliphatic heterocycles. The molecule has 6 nitrogen and oxygen atoms in total. The van der Waals surface area contributed by atoms with E-state index in [1.807, 2.05) is 31.2 Å². The van der Waals surface area contributed by atoms with Crippen LogP contribution in [0.5, 0.6) is 0 Å². The molecule has 0 aliphatic carbocycles. The largest absolute Gasteiger partial charge is 0.353 e. The van der Waals surface area contributed by atoms with Crippen LogP contribution in [-0.4, -0.2) is 34.5 Å².